The number of β-amino-alcohol motifs (C(OH)–C–C–N with tert-alkyl or cyclic N) is 1. The van der Waals surface area contributed by atoms with Crippen LogP contribution in [0, 0.1) is 0 Å². The lowest BCUT2D eigenvalue weighted by Crippen LogP contribution is -2.47. The van der Waals surface area contributed by atoms with Crippen LogP contribution in [0.3, 0.4) is 0 Å². The van der Waals surface area contributed by atoms with Crippen molar-refractivity contribution in [1.82, 2.24) is 25.2 Å². The number of pyridine rings is 1. The number of piperazine rings is 1. The third kappa shape index (κ3) is 5.22. The average molecular weight is 450 g/mol. The highest BCUT2D eigenvalue weighted by atomic mass is 16.5. The van der Waals surface area contributed by atoms with Gasteiger partial charge in [-0.3, -0.25) is 9.88 Å². The summed E-state index contributed by atoms with van der Waals surface area (Å²) in [6.45, 7) is 7.97. The van der Waals surface area contributed by atoms with E-state index < -0.39 is 0 Å². The van der Waals surface area contributed by atoms with Crippen LogP contribution >= 0.6 is 0 Å². The predicted octanol–water partition coefficient (Wildman–Crippen LogP) is 1.21. The van der Waals surface area contributed by atoms with E-state index in [4.69, 9.17) is 14.8 Å². The van der Waals surface area contributed by atoms with Crippen LogP contribution in [0.5, 0.6) is 0 Å². The van der Waals surface area contributed by atoms with Gasteiger partial charge < -0.3 is 25.4 Å². The highest BCUT2D eigenvalue weighted by molar-refractivity contribution is 5.88. The molecule has 33 heavy (non-hydrogen) atoms. The molecule has 1 atom stereocenters. The third-order valence-electron chi connectivity index (χ3n) is 6.27. The van der Waals surface area contributed by atoms with Crippen LogP contribution in [-0.2, 0) is 4.74 Å². The number of aliphatic hydroxyl groups excluding tert-OH is 1. The summed E-state index contributed by atoms with van der Waals surface area (Å²) in [5.74, 6) is 0.730. The Kier molecular flexibility index (Phi) is 6.92. The van der Waals surface area contributed by atoms with Crippen molar-refractivity contribution < 1.29 is 9.84 Å². The summed E-state index contributed by atoms with van der Waals surface area (Å²) in [6.07, 6.45) is 3.51. The Morgan fingerprint density at radius 2 is 1.91 bits per heavy atom. The minimum atomic E-state index is 0.105. The second-order valence-corrected chi connectivity index (χ2v) is 8.46. The van der Waals surface area contributed by atoms with Gasteiger partial charge in [0.05, 0.1) is 30.5 Å². The Morgan fingerprint density at radius 1 is 1.09 bits per heavy atom. The Balaban J connectivity index is 1.33. The van der Waals surface area contributed by atoms with Gasteiger partial charge in [-0.05, 0) is 18.2 Å². The second kappa shape index (κ2) is 10.4. The molecule has 4 heterocycles. The average Bonchev–Trinajstić information content (AvgIpc) is 2.88. The highest BCUT2D eigenvalue weighted by Gasteiger charge is 2.18. The molecule has 2 saturated heterocycles. The standard InChI is InChI=1S/C24H31N7O2/c32-13-12-30-8-10-31(11-9-30)19-3-1-18(2-4-19)21-15-22-23(27-6-5-26-22)24(29-21)28-17-20-16-25-7-14-33-20/h1-6,15,20,25,32H,7-14,16-17H2,(H,28,29). The quantitative estimate of drug-likeness (QED) is 0.491. The van der Waals surface area contributed by atoms with Gasteiger partial charge in [0.15, 0.2) is 5.82 Å². The lowest BCUT2D eigenvalue weighted by molar-refractivity contribution is 0.0372. The number of aromatic nitrogens is 3. The van der Waals surface area contributed by atoms with Crippen LogP contribution < -0.4 is 15.5 Å². The lowest BCUT2D eigenvalue weighted by Gasteiger charge is -2.35. The highest BCUT2D eigenvalue weighted by Crippen LogP contribution is 2.27. The van der Waals surface area contributed by atoms with Crippen LogP contribution in [0.2, 0.25) is 0 Å². The van der Waals surface area contributed by atoms with E-state index in [2.05, 4.69) is 54.7 Å². The van der Waals surface area contributed by atoms with E-state index in [0.717, 1.165) is 80.5 Å². The normalized spacial score (nSPS) is 19.7. The number of nitrogens with zero attached hydrogens (tertiary/aromatic N) is 5. The Bertz CT molecular complexity index is 1050. The number of nitrogens with one attached hydrogen (secondary N) is 2. The molecule has 9 heteroatoms. The summed E-state index contributed by atoms with van der Waals surface area (Å²) in [6, 6.07) is 10.6. The van der Waals surface area contributed by atoms with Crippen LogP contribution in [0.1, 0.15) is 0 Å². The molecular weight excluding hydrogens is 418 g/mol. The van der Waals surface area contributed by atoms with Gasteiger partial charge in [-0.1, -0.05) is 12.1 Å². The molecule has 2 aliphatic rings. The Labute approximate surface area is 193 Å². The SMILES string of the molecule is OCCN1CCN(c2ccc(-c3cc4nccnc4c(NCC4CNCCO4)n3)cc2)CC1. The van der Waals surface area contributed by atoms with E-state index in [1.54, 1.807) is 12.4 Å². The van der Waals surface area contributed by atoms with E-state index in [-0.39, 0.29) is 12.7 Å². The molecular formula is C24H31N7O2. The number of rotatable bonds is 7. The van der Waals surface area contributed by atoms with E-state index >= 15 is 0 Å². The van der Waals surface area contributed by atoms with Crippen LogP contribution in [-0.4, -0.2) is 96.6 Å². The number of hydrogen-bond acceptors (Lipinski definition) is 9. The molecule has 0 radical (unpaired) electrons. The summed E-state index contributed by atoms with van der Waals surface area (Å²) in [5.41, 5.74) is 4.71. The van der Waals surface area contributed by atoms with Crippen LogP contribution in [0.15, 0.2) is 42.7 Å². The summed E-state index contributed by atoms with van der Waals surface area (Å²) >= 11 is 0. The first-order valence-electron chi connectivity index (χ1n) is 11.7. The fraction of sp³-hybridized carbons (Fsp3) is 0.458. The predicted molar refractivity (Wildman–Crippen MR) is 130 cm³/mol. The molecule has 5 rings (SSSR count). The largest absolute Gasteiger partial charge is 0.395 e. The zero-order valence-corrected chi connectivity index (χ0v) is 18.8. The van der Waals surface area contributed by atoms with Crippen molar-refractivity contribution in [1.29, 1.82) is 0 Å². The molecule has 0 amide bonds. The zero-order chi connectivity index (χ0) is 22.5. The van der Waals surface area contributed by atoms with Gasteiger partial charge in [0, 0.05) is 76.0 Å². The number of ether oxygens (including phenoxy) is 1. The Morgan fingerprint density at radius 3 is 2.67 bits per heavy atom. The maximum Gasteiger partial charge on any atom is 0.154 e. The second-order valence-electron chi connectivity index (χ2n) is 8.46. The molecule has 1 unspecified atom stereocenters. The zero-order valence-electron chi connectivity index (χ0n) is 18.8. The van der Waals surface area contributed by atoms with Crippen molar-refractivity contribution >= 4 is 22.5 Å². The molecule has 0 bridgehead atoms. The molecule has 0 saturated carbocycles. The summed E-state index contributed by atoms with van der Waals surface area (Å²) in [4.78, 5) is 18.6. The van der Waals surface area contributed by atoms with Gasteiger partial charge in [-0.25, -0.2) is 9.97 Å². The summed E-state index contributed by atoms with van der Waals surface area (Å²) in [7, 11) is 0. The van der Waals surface area contributed by atoms with E-state index in [9.17, 15) is 0 Å². The van der Waals surface area contributed by atoms with Gasteiger partial charge in [-0.2, -0.15) is 0 Å². The molecule has 2 aromatic heterocycles. The van der Waals surface area contributed by atoms with Gasteiger partial charge in [0.2, 0.25) is 0 Å². The number of anilines is 2. The lowest BCUT2D eigenvalue weighted by atomic mass is 10.1. The van der Waals surface area contributed by atoms with E-state index in [0.29, 0.717) is 6.54 Å². The van der Waals surface area contributed by atoms with Crippen molar-refractivity contribution in [2.75, 3.05) is 75.8 Å². The molecule has 2 fully saturated rings. The number of hydrogen-bond donors (Lipinski definition) is 3. The molecule has 1 aromatic carbocycles. The first-order chi connectivity index (χ1) is 16.3. The molecule has 0 spiro atoms. The third-order valence-corrected chi connectivity index (χ3v) is 6.27. The molecule has 3 aromatic rings. The van der Waals surface area contributed by atoms with Crippen molar-refractivity contribution in [3.8, 4) is 11.3 Å². The molecule has 3 N–H and O–H groups in total. The number of fused-ring (bicyclic) bond motifs is 1. The van der Waals surface area contributed by atoms with Gasteiger partial charge in [0.1, 0.15) is 5.52 Å². The topological polar surface area (TPSA) is 98.7 Å². The summed E-state index contributed by atoms with van der Waals surface area (Å²) in [5, 5.41) is 15.9. The number of aliphatic hydroxyl groups is 1. The fourth-order valence-electron chi connectivity index (χ4n) is 4.42. The van der Waals surface area contributed by atoms with Crippen LogP contribution in [0.25, 0.3) is 22.3 Å². The van der Waals surface area contributed by atoms with Gasteiger partial charge in [0.25, 0.3) is 0 Å². The molecule has 0 aliphatic carbocycles. The monoisotopic (exact) mass is 449 g/mol. The first-order valence-corrected chi connectivity index (χ1v) is 11.7. The number of morpholine rings is 1. The van der Waals surface area contributed by atoms with Crippen molar-refractivity contribution in [2.24, 2.45) is 0 Å². The van der Waals surface area contributed by atoms with E-state index in [1.807, 2.05) is 6.07 Å². The summed E-state index contributed by atoms with van der Waals surface area (Å²) < 4.78 is 5.81. The van der Waals surface area contributed by atoms with Gasteiger partial charge >= 0.3 is 0 Å². The molecule has 2 aliphatic heterocycles. The number of benzene rings is 1. The van der Waals surface area contributed by atoms with Gasteiger partial charge in [-0.15, -0.1) is 0 Å². The molecule has 174 valence electrons. The Hall–Kier alpha value is -2.85. The molecule has 9 nitrogen and oxygen atoms in total. The fourth-order valence-corrected chi connectivity index (χ4v) is 4.42. The maximum atomic E-state index is 9.14. The van der Waals surface area contributed by atoms with Crippen molar-refractivity contribution in [3.05, 3.63) is 42.7 Å². The van der Waals surface area contributed by atoms with Crippen LogP contribution in [0.4, 0.5) is 11.5 Å². The first kappa shape index (κ1) is 22.0. The minimum Gasteiger partial charge on any atom is -0.395 e. The smallest absolute Gasteiger partial charge is 0.154 e. The minimum absolute atomic E-state index is 0.105. The maximum absolute atomic E-state index is 9.14. The van der Waals surface area contributed by atoms with E-state index in [1.165, 1.54) is 5.69 Å². The van der Waals surface area contributed by atoms with Crippen molar-refractivity contribution in [3.63, 3.8) is 0 Å². The van der Waals surface area contributed by atoms with Crippen molar-refractivity contribution in [2.45, 2.75) is 6.10 Å².